The Kier molecular flexibility index (Phi) is 5.70. The third-order valence-corrected chi connectivity index (χ3v) is 5.99. The fourth-order valence-electron chi connectivity index (χ4n) is 3.36. The van der Waals surface area contributed by atoms with E-state index in [9.17, 15) is 13.2 Å². The van der Waals surface area contributed by atoms with Gasteiger partial charge in [-0.2, -0.15) is 0 Å². The lowest BCUT2D eigenvalue weighted by Gasteiger charge is -2.26. The first-order chi connectivity index (χ1) is 14.9. The first-order valence-electron chi connectivity index (χ1n) is 9.63. The van der Waals surface area contributed by atoms with E-state index in [1.54, 1.807) is 38.4 Å². The Labute approximate surface area is 179 Å². The van der Waals surface area contributed by atoms with Gasteiger partial charge in [-0.1, -0.05) is 12.1 Å². The third-order valence-electron chi connectivity index (χ3n) is 4.98. The number of methoxy groups -OCH3 is 1. The van der Waals surface area contributed by atoms with Crippen LogP contribution in [0.25, 0.3) is 11.7 Å². The number of aromatic nitrogens is 3. The molecule has 1 aliphatic heterocycles. The highest BCUT2D eigenvalue weighted by Gasteiger charge is 2.22. The Morgan fingerprint density at radius 2 is 1.90 bits per heavy atom. The third kappa shape index (κ3) is 4.42. The quantitative estimate of drug-likeness (QED) is 0.609. The van der Waals surface area contributed by atoms with Crippen LogP contribution in [0, 0.1) is 0 Å². The minimum Gasteiger partial charge on any atom is -0.497 e. The average Bonchev–Trinajstić information content (AvgIpc) is 3.03. The molecule has 0 bridgehead atoms. The number of anilines is 2. The molecule has 1 saturated heterocycles. The van der Waals surface area contributed by atoms with Crippen molar-refractivity contribution < 1.29 is 17.9 Å². The lowest BCUT2D eigenvalue weighted by Crippen LogP contribution is -2.39. The number of benzene rings is 1. The van der Waals surface area contributed by atoms with Gasteiger partial charge >= 0.3 is 0 Å². The summed E-state index contributed by atoms with van der Waals surface area (Å²) in [5, 5.41) is 1.08. The van der Waals surface area contributed by atoms with Crippen LogP contribution < -0.4 is 19.9 Å². The number of nitrogens with zero attached hydrogens (tertiary/aromatic N) is 4. The number of hydrogen-bond acceptors (Lipinski definition) is 7. The van der Waals surface area contributed by atoms with Crippen LogP contribution in [0.4, 0.5) is 11.4 Å². The van der Waals surface area contributed by atoms with E-state index in [2.05, 4.69) is 9.71 Å². The predicted octanol–water partition coefficient (Wildman–Crippen LogP) is 1.29. The molecule has 2 aromatic heterocycles. The van der Waals surface area contributed by atoms with Crippen molar-refractivity contribution in [1.29, 1.82) is 0 Å². The maximum Gasteiger partial charge on any atom is 0.292 e. The molecule has 0 amide bonds. The van der Waals surface area contributed by atoms with Gasteiger partial charge in [-0.15, -0.1) is 0 Å². The zero-order valence-corrected chi connectivity index (χ0v) is 18.0. The number of rotatable bonds is 6. The normalized spacial score (nSPS) is 15.0. The van der Waals surface area contributed by atoms with E-state index >= 15 is 0 Å². The van der Waals surface area contributed by atoms with Gasteiger partial charge in [0.25, 0.3) is 15.6 Å². The molecule has 1 aliphatic rings. The summed E-state index contributed by atoms with van der Waals surface area (Å²) in [4.78, 5) is 19.0. The Hall–Kier alpha value is -3.31. The summed E-state index contributed by atoms with van der Waals surface area (Å²) in [5.74, 6) is 0.686. The number of fused-ring (bicyclic) bond motifs is 1. The van der Waals surface area contributed by atoms with E-state index in [0.29, 0.717) is 49.0 Å². The van der Waals surface area contributed by atoms with Crippen molar-refractivity contribution in [2.24, 2.45) is 7.05 Å². The lowest BCUT2D eigenvalue weighted by atomic mass is 10.2. The van der Waals surface area contributed by atoms with Gasteiger partial charge in [-0.05, 0) is 23.8 Å². The molecule has 3 aromatic rings. The molecule has 0 aliphatic carbocycles. The zero-order valence-electron chi connectivity index (χ0n) is 17.2. The fraction of sp³-hybridized carbons (Fsp3) is 0.300. The summed E-state index contributed by atoms with van der Waals surface area (Å²) in [6, 6.07) is 6.99. The van der Waals surface area contributed by atoms with Gasteiger partial charge in [0, 0.05) is 20.1 Å². The second kappa shape index (κ2) is 8.44. The summed E-state index contributed by atoms with van der Waals surface area (Å²) < 4.78 is 40.8. The van der Waals surface area contributed by atoms with Crippen LogP contribution in [0.3, 0.4) is 0 Å². The second-order valence-corrected chi connectivity index (χ2v) is 8.58. The van der Waals surface area contributed by atoms with Crippen molar-refractivity contribution in [2.75, 3.05) is 43.0 Å². The highest BCUT2D eigenvalue weighted by molar-refractivity contribution is 7.95. The van der Waals surface area contributed by atoms with E-state index in [-0.39, 0.29) is 11.2 Å². The number of hydrogen-bond donors (Lipinski definition) is 1. The minimum atomic E-state index is -3.78. The van der Waals surface area contributed by atoms with Gasteiger partial charge in [0.15, 0.2) is 5.65 Å². The van der Waals surface area contributed by atoms with Crippen molar-refractivity contribution in [2.45, 2.75) is 0 Å². The highest BCUT2D eigenvalue weighted by atomic mass is 32.2. The van der Waals surface area contributed by atoms with Crippen molar-refractivity contribution >= 4 is 33.1 Å². The maximum absolute atomic E-state index is 12.7. The minimum absolute atomic E-state index is 0.200. The highest BCUT2D eigenvalue weighted by Crippen LogP contribution is 2.20. The molecule has 1 fully saturated rings. The van der Waals surface area contributed by atoms with Crippen molar-refractivity contribution in [3.63, 3.8) is 0 Å². The average molecular weight is 446 g/mol. The standard InChI is InChI=1S/C20H23N5O5S/c1-23-20(26)18(24-8-10-30-11-9-24)19-21-13-16(14-25(19)23)22-31(27,28)12-7-15-3-5-17(29-2)6-4-15/h3-7,12-14,22H,8-11H2,1-2H3/b12-7+. The SMILES string of the molecule is COc1ccc(/C=C/S(=O)(=O)Nc2cnc3c(N4CCOCC4)c(=O)n(C)n3c2)cc1. The van der Waals surface area contributed by atoms with E-state index in [0.717, 1.165) is 5.41 Å². The molecule has 31 heavy (non-hydrogen) atoms. The Morgan fingerprint density at radius 3 is 2.58 bits per heavy atom. The second-order valence-electron chi connectivity index (χ2n) is 7.01. The van der Waals surface area contributed by atoms with Crippen molar-refractivity contribution in [3.8, 4) is 5.75 Å². The lowest BCUT2D eigenvalue weighted by molar-refractivity contribution is 0.122. The van der Waals surface area contributed by atoms with Crippen LogP contribution >= 0.6 is 0 Å². The molecular weight excluding hydrogens is 422 g/mol. The molecule has 0 saturated carbocycles. The molecule has 0 radical (unpaired) electrons. The van der Waals surface area contributed by atoms with Gasteiger partial charge in [0.2, 0.25) is 0 Å². The fourth-order valence-corrected chi connectivity index (χ4v) is 4.20. The molecular formula is C20H23N5O5S. The Morgan fingerprint density at radius 1 is 1.19 bits per heavy atom. The number of ether oxygens (including phenoxy) is 2. The van der Waals surface area contributed by atoms with E-state index in [1.165, 1.54) is 27.7 Å². The summed E-state index contributed by atoms with van der Waals surface area (Å²) in [6.45, 7) is 2.28. The summed E-state index contributed by atoms with van der Waals surface area (Å²) in [5.41, 5.74) is 1.70. The monoisotopic (exact) mass is 445 g/mol. The van der Waals surface area contributed by atoms with E-state index in [1.807, 2.05) is 4.90 Å². The molecule has 4 rings (SSSR count). The molecule has 164 valence electrons. The summed E-state index contributed by atoms with van der Waals surface area (Å²) in [6.07, 6.45) is 4.42. The Balaban J connectivity index is 1.58. The molecule has 0 spiro atoms. The summed E-state index contributed by atoms with van der Waals surface area (Å²) in [7, 11) is -0.605. The van der Waals surface area contributed by atoms with Crippen LogP contribution in [0.5, 0.6) is 5.75 Å². The number of sulfonamides is 1. The maximum atomic E-state index is 12.7. The molecule has 1 aromatic carbocycles. The van der Waals surface area contributed by atoms with Crippen molar-refractivity contribution in [1.82, 2.24) is 14.2 Å². The van der Waals surface area contributed by atoms with Crippen LogP contribution in [-0.2, 0) is 21.8 Å². The van der Waals surface area contributed by atoms with Crippen LogP contribution in [0.15, 0.2) is 46.9 Å². The number of nitrogens with one attached hydrogen (secondary N) is 1. The summed E-state index contributed by atoms with van der Waals surface area (Å²) >= 11 is 0. The van der Waals surface area contributed by atoms with Gasteiger partial charge in [-0.3, -0.25) is 9.52 Å². The molecule has 10 nitrogen and oxygen atoms in total. The number of aryl methyl sites for hydroxylation is 1. The van der Waals surface area contributed by atoms with E-state index in [4.69, 9.17) is 9.47 Å². The molecule has 0 atom stereocenters. The molecule has 3 heterocycles. The van der Waals surface area contributed by atoms with Gasteiger partial charge in [0.05, 0.1) is 43.8 Å². The van der Waals surface area contributed by atoms with Crippen LogP contribution in [0.2, 0.25) is 0 Å². The molecule has 11 heteroatoms. The van der Waals surface area contributed by atoms with Crippen LogP contribution in [-0.4, -0.2) is 56.0 Å². The predicted molar refractivity (Wildman–Crippen MR) is 118 cm³/mol. The van der Waals surface area contributed by atoms with E-state index < -0.39 is 10.0 Å². The smallest absolute Gasteiger partial charge is 0.292 e. The topological polar surface area (TPSA) is 107 Å². The molecule has 1 N–H and O–H groups in total. The number of morpholine rings is 1. The van der Waals surface area contributed by atoms with Gasteiger partial charge < -0.3 is 14.4 Å². The van der Waals surface area contributed by atoms with Gasteiger partial charge in [-0.25, -0.2) is 22.6 Å². The zero-order chi connectivity index (χ0) is 22.0. The van der Waals surface area contributed by atoms with Crippen LogP contribution in [0.1, 0.15) is 5.56 Å². The molecule has 0 unspecified atom stereocenters. The first kappa shape index (κ1) is 20.9. The largest absolute Gasteiger partial charge is 0.497 e. The first-order valence-corrected chi connectivity index (χ1v) is 11.2. The Bertz CT molecular complexity index is 1270. The van der Waals surface area contributed by atoms with Gasteiger partial charge in [0.1, 0.15) is 11.4 Å². The van der Waals surface area contributed by atoms with Crippen molar-refractivity contribution in [3.05, 3.63) is 58.0 Å².